The van der Waals surface area contributed by atoms with E-state index in [1.54, 1.807) is 0 Å². The molecule has 2 aromatic rings. The molecule has 0 aliphatic carbocycles. The molecule has 0 amide bonds. The second-order valence-corrected chi connectivity index (χ2v) is 6.61. The Bertz CT molecular complexity index is 667. The molecular formula is C18H19BrN2. The predicted octanol–water partition coefficient (Wildman–Crippen LogP) is 5.17. The van der Waals surface area contributed by atoms with Crippen molar-refractivity contribution in [3.8, 4) is 6.07 Å². The molecule has 0 bridgehead atoms. The molecule has 0 unspecified atom stereocenters. The Labute approximate surface area is 134 Å². The topological polar surface area (TPSA) is 35.8 Å². The Morgan fingerprint density at radius 3 is 2.38 bits per heavy atom. The smallest absolute Gasteiger partial charge is 0.0766 e. The van der Waals surface area contributed by atoms with Crippen molar-refractivity contribution in [2.24, 2.45) is 0 Å². The monoisotopic (exact) mass is 342 g/mol. The third-order valence-corrected chi connectivity index (χ3v) is 4.47. The molecule has 2 rings (SSSR count). The molecule has 0 heterocycles. The highest BCUT2D eigenvalue weighted by atomic mass is 79.9. The quantitative estimate of drug-likeness (QED) is 0.831. The molecule has 0 spiro atoms. The molecule has 0 radical (unpaired) electrons. The van der Waals surface area contributed by atoms with Gasteiger partial charge in [0, 0.05) is 16.7 Å². The molecule has 1 N–H and O–H groups in total. The van der Waals surface area contributed by atoms with Crippen LogP contribution in [0.3, 0.4) is 0 Å². The Kier molecular flexibility index (Phi) is 4.69. The lowest BCUT2D eigenvalue weighted by Gasteiger charge is -2.16. The van der Waals surface area contributed by atoms with Gasteiger partial charge in [0.1, 0.15) is 0 Å². The molecule has 0 saturated heterocycles. The van der Waals surface area contributed by atoms with Crippen LogP contribution in [0.4, 0.5) is 5.69 Å². The minimum absolute atomic E-state index is 0.444. The van der Waals surface area contributed by atoms with Crippen LogP contribution in [0.5, 0.6) is 0 Å². The van der Waals surface area contributed by atoms with E-state index in [0.717, 1.165) is 22.3 Å². The van der Waals surface area contributed by atoms with E-state index in [1.807, 2.05) is 38.1 Å². The highest BCUT2D eigenvalue weighted by Crippen LogP contribution is 2.24. The number of halogens is 1. The number of nitrogens with zero attached hydrogens (tertiary/aromatic N) is 1. The summed E-state index contributed by atoms with van der Waals surface area (Å²) in [6.07, 6.45) is 0. The van der Waals surface area contributed by atoms with Crippen LogP contribution in [-0.2, 0) is 12.0 Å². The SMILES string of the molecule is Cc1ccc(CNc2ccc(C(C)(C)C#N)cc2)cc1Br. The average molecular weight is 343 g/mol. The molecule has 0 aliphatic heterocycles. The van der Waals surface area contributed by atoms with Crippen molar-refractivity contribution < 1.29 is 0 Å². The molecule has 0 atom stereocenters. The predicted molar refractivity (Wildman–Crippen MR) is 91.3 cm³/mol. The Hall–Kier alpha value is -1.79. The zero-order chi connectivity index (χ0) is 15.5. The maximum Gasteiger partial charge on any atom is 0.0766 e. The average Bonchev–Trinajstić information content (AvgIpc) is 2.49. The molecule has 0 aromatic heterocycles. The lowest BCUT2D eigenvalue weighted by atomic mass is 9.86. The van der Waals surface area contributed by atoms with Gasteiger partial charge in [0.15, 0.2) is 0 Å². The zero-order valence-corrected chi connectivity index (χ0v) is 14.2. The number of hydrogen-bond acceptors (Lipinski definition) is 2. The van der Waals surface area contributed by atoms with E-state index in [1.165, 1.54) is 11.1 Å². The van der Waals surface area contributed by atoms with Crippen molar-refractivity contribution in [2.75, 3.05) is 5.32 Å². The van der Waals surface area contributed by atoms with Crippen molar-refractivity contribution in [2.45, 2.75) is 32.7 Å². The fourth-order valence-corrected chi connectivity index (χ4v) is 2.45. The van der Waals surface area contributed by atoms with Gasteiger partial charge in [0.2, 0.25) is 0 Å². The third-order valence-electron chi connectivity index (χ3n) is 3.62. The lowest BCUT2D eigenvalue weighted by molar-refractivity contribution is 0.687. The largest absolute Gasteiger partial charge is 0.381 e. The van der Waals surface area contributed by atoms with Crippen molar-refractivity contribution >= 4 is 21.6 Å². The molecule has 3 heteroatoms. The molecular weight excluding hydrogens is 324 g/mol. The number of nitrogens with one attached hydrogen (secondary N) is 1. The van der Waals surface area contributed by atoms with Gasteiger partial charge in [-0.1, -0.05) is 40.2 Å². The van der Waals surface area contributed by atoms with Crippen LogP contribution in [0.1, 0.15) is 30.5 Å². The summed E-state index contributed by atoms with van der Waals surface area (Å²) in [4.78, 5) is 0. The minimum atomic E-state index is -0.444. The van der Waals surface area contributed by atoms with E-state index in [9.17, 15) is 0 Å². The first-order chi connectivity index (χ1) is 9.92. The molecule has 0 saturated carbocycles. The second kappa shape index (κ2) is 6.32. The van der Waals surface area contributed by atoms with Crippen LogP contribution in [0, 0.1) is 18.3 Å². The summed E-state index contributed by atoms with van der Waals surface area (Å²) >= 11 is 3.55. The van der Waals surface area contributed by atoms with Gasteiger partial charge in [-0.3, -0.25) is 0 Å². The summed E-state index contributed by atoms with van der Waals surface area (Å²) < 4.78 is 1.13. The van der Waals surface area contributed by atoms with E-state index in [0.29, 0.717) is 0 Å². The zero-order valence-electron chi connectivity index (χ0n) is 12.6. The Morgan fingerprint density at radius 2 is 1.81 bits per heavy atom. The number of hydrogen-bond donors (Lipinski definition) is 1. The highest BCUT2D eigenvalue weighted by Gasteiger charge is 2.18. The van der Waals surface area contributed by atoms with E-state index in [2.05, 4.69) is 52.4 Å². The normalized spacial score (nSPS) is 11.0. The van der Waals surface area contributed by atoms with Crippen LogP contribution < -0.4 is 5.32 Å². The van der Waals surface area contributed by atoms with Crippen LogP contribution >= 0.6 is 15.9 Å². The van der Waals surface area contributed by atoms with E-state index in [4.69, 9.17) is 5.26 Å². The number of rotatable bonds is 4. The van der Waals surface area contributed by atoms with Gasteiger partial charge in [0.05, 0.1) is 11.5 Å². The van der Waals surface area contributed by atoms with E-state index >= 15 is 0 Å². The van der Waals surface area contributed by atoms with Crippen LogP contribution in [-0.4, -0.2) is 0 Å². The third kappa shape index (κ3) is 3.86. The highest BCUT2D eigenvalue weighted by molar-refractivity contribution is 9.10. The fraction of sp³-hybridized carbons (Fsp3) is 0.278. The van der Waals surface area contributed by atoms with Gasteiger partial charge in [-0.05, 0) is 55.7 Å². The first-order valence-corrected chi connectivity index (χ1v) is 7.72. The Balaban J connectivity index is 2.04. The molecule has 21 heavy (non-hydrogen) atoms. The molecule has 2 nitrogen and oxygen atoms in total. The second-order valence-electron chi connectivity index (χ2n) is 5.75. The number of nitriles is 1. The Morgan fingerprint density at radius 1 is 1.14 bits per heavy atom. The van der Waals surface area contributed by atoms with Gasteiger partial charge in [-0.2, -0.15) is 5.26 Å². The molecule has 0 aliphatic rings. The van der Waals surface area contributed by atoms with Crippen molar-refractivity contribution in [3.05, 3.63) is 63.6 Å². The molecule has 2 aromatic carbocycles. The summed E-state index contributed by atoms with van der Waals surface area (Å²) in [7, 11) is 0. The first-order valence-electron chi connectivity index (χ1n) is 6.93. The maximum absolute atomic E-state index is 9.15. The summed E-state index contributed by atoms with van der Waals surface area (Å²) in [5, 5.41) is 12.5. The summed E-state index contributed by atoms with van der Waals surface area (Å²) in [6.45, 7) is 6.72. The molecule has 0 fully saturated rings. The standard InChI is InChI=1S/C18H19BrN2/c1-13-4-5-14(10-17(13)19)11-21-16-8-6-15(7-9-16)18(2,3)12-20/h4-10,21H,11H2,1-3H3. The van der Waals surface area contributed by atoms with Gasteiger partial charge < -0.3 is 5.32 Å². The van der Waals surface area contributed by atoms with Gasteiger partial charge >= 0.3 is 0 Å². The lowest BCUT2D eigenvalue weighted by Crippen LogP contribution is -2.13. The van der Waals surface area contributed by atoms with Crippen molar-refractivity contribution in [3.63, 3.8) is 0 Å². The van der Waals surface area contributed by atoms with E-state index in [-0.39, 0.29) is 0 Å². The summed E-state index contributed by atoms with van der Waals surface area (Å²) in [5.41, 5.74) is 4.12. The van der Waals surface area contributed by atoms with Crippen molar-refractivity contribution in [1.29, 1.82) is 5.26 Å². The van der Waals surface area contributed by atoms with Crippen molar-refractivity contribution in [1.82, 2.24) is 0 Å². The van der Waals surface area contributed by atoms with Gasteiger partial charge in [0.25, 0.3) is 0 Å². The first kappa shape index (κ1) is 15.6. The number of aryl methyl sites for hydroxylation is 1. The van der Waals surface area contributed by atoms with Crippen LogP contribution in [0.15, 0.2) is 46.9 Å². The summed E-state index contributed by atoms with van der Waals surface area (Å²) in [6, 6.07) is 16.8. The fourth-order valence-electron chi connectivity index (χ4n) is 2.02. The van der Waals surface area contributed by atoms with Crippen LogP contribution in [0.2, 0.25) is 0 Å². The van der Waals surface area contributed by atoms with Gasteiger partial charge in [-0.15, -0.1) is 0 Å². The number of benzene rings is 2. The maximum atomic E-state index is 9.15. The minimum Gasteiger partial charge on any atom is -0.381 e. The number of anilines is 1. The van der Waals surface area contributed by atoms with Crippen LogP contribution in [0.25, 0.3) is 0 Å². The summed E-state index contributed by atoms with van der Waals surface area (Å²) in [5.74, 6) is 0. The molecule has 108 valence electrons. The van der Waals surface area contributed by atoms with E-state index < -0.39 is 5.41 Å². The van der Waals surface area contributed by atoms with Gasteiger partial charge in [-0.25, -0.2) is 0 Å².